The Balaban J connectivity index is 1.51. The summed E-state index contributed by atoms with van der Waals surface area (Å²) in [7, 11) is 0. The summed E-state index contributed by atoms with van der Waals surface area (Å²) in [4.78, 5) is 4.77. The number of piperazine rings is 1. The molecule has 1 N–H and O–H groups in total. The molecule has 1 saturated heterocycles. The minimum Gasteiger partial charge on any atom is -0.454 e. The molecule has 116 valence electrons. The van der Waals surface area contributed by atoms with Crippen molar-refractivity contribution in [3.05, 3.63) is 23.8 Å². The number of fused-ring (bicyclic) bond motifs is 1. The number of aliphatic hydroxyl groups is 1. The van der Waals surface area contributed by atoms with Gasteiger partial charge in [-0.05, 0) is 31.5 Å². The number of ether oxygens (including phenoxy) is 2. The topological polar surface area (TPSA) is 45.2 Å². The van der Waals surface area contributed by atoms with Gasteiger partial charge in [0.25, 0.3) is 0 Å². The monoisotopic (exact) mass is 292 g/mol. The molecule has 1 fully saturated rings. The van der Waals surface area contributed by atoms with Crippen molar-refractivity contribution in [2.45, 2.75) is 26.0 Å². The summed E-state index contributed by atoms with van der Waals surface area (Å²) in [6, 6.07) is 6.17. The molecule has 0 radical (unpaired) electrons. The number of hydrogen-bond donors (Lipinski definition) is 1. The molecule has 3 rings (SSSR count). The predicted molar refractivity (Wildman–Crippen MR) is 80.6 cm³/mol. The van der Waals surface area contributed by atoms with Crippen LogP contribution in [0.25, 0.3) is 0 Å². The predicted octanol–water partition coefficient (Wildman–Crippen LogP) is 1.30. The summed E-state index contributed by atoms with van der Waals surface area (Å²) in [6.45, 7) is 9.82. The number of β-amino-alcohol motifs (C(OH)–C–C–N with tert-alkyl or cyclic N) is 1. The van der Waals surface area contributed by atoms with Gasteiger partial charge in [0, 0.05) is 39.3 Å². The van der Waals surface area contributed by atoms with E-state index < -0.39 is 5.60 Å². The van der Waals surface area contributed by atoms with Crippen LogP contribution < -0.4 is 9.47 Å². The van der Waals surface area contributed by atoms with Gasteiger partial charge in [-0.15, -0.1) is 0 Å². The van der Waals surface area contributed by atoms with Gasteiger partial charge in [-0.1, -0.05) is 6.07 Å². The van der Waals surface area contributed by atoms with Crippen LogP contribution in [-0.4, -0.2) is 60.0 Å². The number of nitrogens with zero attached hydrogens (tertiary/aromatic N) is 2. The van der Waals surface area contributed by atoms with Gasteiger partial charge in [0.2, 0.25) is 6.79 Å². The third-order valence-corrected chi connectivity index (χ3v) is 3.92. The van der Waals surface area contributed by atoms with Crippen molar-refractivity contribution >= 4 is 0 Å². The van der Waals surface area contributed by atoms with Crippen molar-refractivity contribution < 1.29 is 14.6 Å². The SMILES string of the molecule is CC(C)(O)CN1CCN(Cc2ccc3c(c2)OCO3)CC1. The van der Waals surface area contributed by atoms with E-state index in [9.17, 15) is 5.11 Å². The molecule has 2 aliphatic rings. The van der Waals surface area contributed by atoms with Crippen LogP contribution in [0.4, 0.5) is 0 Å². The van der Waals surface area contributed by atoms with Gasteiger partial charge in [-0.2, -0.15) is 0 Å². The van der Waals surface area contributed by atoms with Gasteiger partial charge in [0.15, 0.2) is 11.5 Å². The fraction of sp³-hybridized carbons (Fsp3) is 0.625. The number of hydrogen-bond acceptors (Lipinski definition) is 5. The van der Waals surface area contributed by atoms with Crippen LogP contribution in [0, 0.1) is 0 Å². The van der Waals surface area contributed by atoms with Crippen molar-refractivity contribution in [2.24, 2.45) is 0 Å². The van der Waals surface area contributed by atoms with Gasteiger partial charge in [0.05, 0.1) is 5.60 Å². The Morgan fingerprint density at radius 3 is 2.43 bits per heavy atom. The van der Waals surface area contributed by atoms with Gasteiger partial charge in [-0.3, -0.25) is 9.80 Å². The highest BCUT2D eigenvalue weighted by molar-refractivity contribution is 5.44. The first-order chi connectivity index (χ1) is 9.99. The second-order valence-electron chi connectivity index (χ2n) is 6.55. The summed E-state index contributed by atoms with van der Waals surface area (Å²) in [6.07, 6.45) is 0. The maximum Gasteiger partial charge on any atom is 0.231 e. The molecule has 0 aliphatic carbocycles. The molecule has 0 atom stereocenters. The van der Waals surface area contributed by atoms with Crippen LogP contribution in [0.5, 0.6) is 11.5 Å². The lowest BCUT2D eigenvalue weighted by Crippen LogP contribution is -2.50. The maximum atomic E-state index is 9.88. The Bertz CT molecular complexity index is 491. The molecule has 1 aromatic rings. The zero-order valence-corrected chi connectivity index (χ0v) is 12.8. The molecule has 2 aliphatic heterocycles. The fourth-order valence-corrected chi connectivity index (χ4v) is 2.95. The highest BCUT2D eigenvalue weighted by Crippen LogP contribution is 2.32. The van der Waals surface area contributed by atoms with E-state index in [1.165, 1.54) is 5.56 Å². The summed E-state index contributed by atoms with van der Waals surface area (Å²) < 4.78 is 10.8. The van der Waals surface area contributed by atoms with Crippen LogP contribution in [-0.2, 0) is 6.54 Å². The van der Waals surface area contributed by atoms with Gasteiger partial charge >= 0.3 is 0 Å². The largest absolute Gasteiger partial charge is 0.454 e. The molecule has 21 heavy (non-hydrogen) atoms. The van der Waals surface area contributed by atoms with Crippen molar-refractivity contribution in [2.75, 3.05) is 39.5 Å². The summed E-state index contributed by atoms with van der Waals surface area (Å²) in [5.41, 5.74) is 0.648. The lowest BCUT2D eigenvalue weighted by molar-refractivity contribution is 0.0166. The molecule has 1 aromatic carbocycles. The van der Waals surface area contributed by atoms with E-state index in [-0.39, 0.29) is 0 Å². The molecule has 0 unspecified atom stereocenters. The first kappa shape index (κ1) is 14.6. The fourth-order valence-electron chi connectivity index (χ4n) is 2.95. The van der Waals surface area contributed by atoms with Gasteiger partial charge in [0.1, 0.15) is 0 Å². The van der Waals surface area contributed by atoms with E-state index in [1.807, 2.05) is 19.9 Å². The van der Waals surface area contributed by atoms with Crippen molar-refractivity contribution in [3.8, 4) is 11.5 Å². The number of rotatable bonds is 4. The standard InChI is InChI=1S/C16H24N2O3/c1-16(2,19)11-18-7-5-17(6-8-18)10-13-3-4-14-15(9-13)21-12-20-14/h3-4,9,19H,5-8,10-12H2,1-2H3. The zero-order chi connectivity index (χ0) is 14.9. The minimum absolute atomic E-state index is 0.328. The Morgan fingerprint density at radius 1 is 1.05 bits per heavy atom. The Kier molecular flexibility index (Phi) is 4.06. The zero-order valence-electron chi connectivity index (χ0n) is 12.8. The second-order valence-corrected chi connectivity index (χ2v) is 6.55. The highest BCUT2D eigenvalue weighted by atomic mass is 16.7. The Labute approximate surface area is 126 Å². The normalized spacial score (nSPS) is 20.0. The molecule has 0 aromatic heterocycles. The third-order valence-electron chi connectivity index (χ3n) is 3.92. The lowest BCUT2D eigenvalue weighted by atomic mass is 10.1. The third kappa shape index (κ3) is 3.87. The number of benzene rings is 1. The Hall–Kier alpha value is -1.30. The van der Waals surface area contributed by atoms with Crippen LogP contribution in [0.3, 0.4) is 0 Å². The van der Waals surface area contributed by atoms with Crippen molar-refractivity contribution in [1.29, 1.82) is 0 Å². The minimum atomic E-state index is -0.612. The van der Waals surface area contributed by atoms with E-state index in [4.69, 9.17) is 9.47 Å². The van der Waals surface area contributed by atoms with Crippen LogP contribution in [0.1, 0.15) is 19.4 Å². The molecule has 5 nitrogen and oxygen atoms in total. The molecular formula is C16H24N2O3. The van der Waals surface area contributed by atoms with Crippen molar-refractivity contribution in [1.82, 2.24) is 9.80 Å². The Morgan fingerprint density at radius 2 is 1.71 bits per heavy atom. The quantitative estimate of drug-likeness (QED) is 0.906. The summed E-state index contributed by atoms with van der Waals surface area (Å²) in [5, 5.41) is 9.88. The van der Waals surface area contributed by atoms with E-state index in [0.29, 0.717) is 6.79 Å². The van der Waals surface area contributed by atoms with E-state index in [0.717, 1.165) is 50.8 Å². The van der Waals surface area contributed by atoms with Gasteiger partial charge < -0.3 is 14.6 Å². The first-order valence-electron chi connectivity index (χ1n) is 7.55. The van der Waals surface area contributed by atoms with E-state index >= 15 is 0 Å². The molecule has 0 spiro atoms. The molecular weight excluding hydrogens is 268 g/mol. The molecule has 2 heterocycles. The van der Waals surface area contributed by atoms with Crippen LogP contribution in [0.2, 0.25) is 0 Å². The maximum absolute atomic E-state index is 9.88. The van der Waals surface area contributed by atoms with Crippen molar-refractivity contribution in [3.63, 3.8) is 0 Å². The molecule has 0 saturated carbocycles. The summed E-state index contributed by atoms with van der Waals surface area (Å²) >= 11 is 0. The van der Waals surface area contributed by atoms with Crippen LogP contribution in [0.15, 0.2) is 18.2 Å². The lowest BCUT2D eigenvalue weighted by Gasteiger charge is -2.37. The molecule has 5 heteroatoms. The average molecular weight is 292 g/mol. The average Bonchev–Trinajstić information content (AvgIpc) is 2.87. The highest BCUT2D eigenvalue weighted by Gasteiger charge is 2.23. The smallest absolute Gasteiger partial charge is 0.231 e. The van der Waals surface area contributed by atoms with E-state index in [2.05, 4.69) is 21.9 Å². The first-order valence-corrected chi connectivity index (χ1v) is 7.55. The van der Waals surface area contributed by atoms with E-state index in [1.54, 1.807) is 0 Å². The molecule has 0 amide bonds. The van der Waals surface area contributed by atoms with Crippen LogP contribution >= 0.6 is 0 Å². The molecule has 0 bridgehead atoms. The van der Waals surface area contributed by atoms with Gasteiger partial charge in [-0.25, -0.2) is 0 Å². The second kappa shape index (κ2) is 5.83. The summed E-state index contributed by atoms with van der Waals surface area (Å²) in [5.74, 6) is 1.70.